The number of carbonyl (C=O) groups is 1. The van der Waals surface area contributed by atoms with E-state index in [4.69, 9.17) is 32.7 Å². The van der Waals surface area contributed by atoms with Crippen molar-refractivity contribution in [1.82, 2.24) is 15.0 Å². The number of benzene rings is 3. The van der Waals surface area contributed by atoms with Crippen molar-refractivity contribution >= 4 is 65.1 Å². The van der Waals surface area contributed by atoms with E-state index in [2.05, 4.69) is 15.0 Å². The van der Waals surface area contributed by atoms with E-state index in [1.165, 1.54) is 26.2 Å². The van der Waals surface area contributed by atoms with E-state index in [1.54, 1.807) is 37.3 Å². The maximum atomic E-state index is 12.7. The molecule has 0 aliphatic rings. The van der Waals surface area contributed by atoms with Gasteiger partial charge in [-0.15, -0.1) is 0 Å². The molecule has 0 aliphatic carbocycles. The summed E-state index contributed by atoms with van der Waals surface area (Å²) >= 11 is 11.9. The number of ether oxygens (including phenoxy) is 2. The van der Waals surface area contributed by atoms with E-state index in [0.717, 1.165) is 39.5 Å². The number of nitrogens with zero attached hydrogens (tertiary/aromatic N) is 3. The van der Waals surface area contributed by atoms with Crippen LogP contribution in [0.5, 0.6) is 11.5 Å². The third-order valence-corrected chi connectivity index (χ3v) is 9.17. The van der Waals surface area contributed by atoms with Crippen molar-refractivity contribution in [2.45, 2.75) is 47.0 Å². The van der Waals surface area contributed by atoms with Crippen LogP contribution in [0.2, 0.25) is 10.0 Å². The van der Waals surface area contributed by atoms with E-state index < -0.39 is 23.5 Å². The predicted octanol–water partition coefficient (Wildman–Crippen LogP) is 14.3. The highest BCUT2D eigenvalue weighted by molar-refractivity contribution is 6.42. The van der Waals surface area contributed by atoms with Crippen LogP contribution >= 0.6 is 23.2 Å². The number of allylic oxidation sites excluding steroid dienone is 1. The van der Waals surface area contributed by atoms with Gasteiger partial charge in [0.25, 0.3) is 0 Å². The summed E-state index contributed by atoms with van der Waals surface area (Å²) in [7, 11) is 1.54. The molecule has 0 aliphatic heterocycles. The molecule has 6 rings (SSSR count). The molecule has 3 aromatic carbocycles. The van der Waals surface area contributed by atoms with Crippen molar-refractivity contribution in [2.75, 3.05) is 7.11 Å². The molecule has 0 unspecified atom stereocenters. The molecule has 0 bridgehead atoms. The van der Waals surface area contributed by atoms with Gasteiger partial charge in [-0.05, 0) is 141 Å². The number of halogens is 8. The average Bonchev–Trinajstić information content (AvgIpc) is 3.20. The molecule has 3 heterocycles. The Bertz CT molecular complexity index is 2560. The van der Waals surface area contributed by atoms with Gasteiger partial charge in [0.05, 0.1) is 45.4 Å². The molecular weight excluding hydrogens is 851 g/mol. The minimum atomic E-state index is -4.86. The standard InChI is InChI=1S/C17H17NO3.C16H11F6N.C15H13Cl2N/c1-12-6-4-8-15(18-12)11-10-14-7-5-9-16(20-3)17(14)21-13(2)19;1-10-3-2-4-14(23-10)6-5-11-7-12(15(17,18)19)9-13(8-11)16(20,21)22;1-10(8-13-5-3-4-11(2)18-13)12-6-7-14(16)15(17)9-12/h4-11H,1-3H3;2-9H,1H3;3-9H,1-2H3. The van der Waals surface area contributed by atoms with Gasteiger partial charge in [0.15, 0.2) is 11.5 Å². The fourth-order valence-corrected chi connectivity index (χ4v) is 5.81. The summed E-state index contributed by atoms with van der Waals surface area (Å²) in [5.41, 5.74) is 4.89. The number of alkyl halides is 6. The first kappa shape index (κ1) is 48.4. The molecule has 322 valence electrons. The summed E-state index contributed by atoms with van der Waals surface area (Å²) in [4.78, 5) is 24.2. The SMILES string of the molecule is CC(=Cc1cccc(C)n1)c1ccc(Cl)c(Cl)c1.COc1cccc(C=Cc2cccc(C)n2)c1OC(C)=O.Cc1cccc(C=Cc2cc(C(F)(F)F)cc(C(F)(F)F)c2)n1. The van der Waals surface area contributed by atoms with E-state index in [0.29, 0.717) is 45.1 Å². The van der Waals surface area contributed by atoms with Gasteiger partial charge in [-0.2, -0.15) is 26.3 Å². The number of para-hydroxylation sites is 1. The lowest BCUT2D eigenvalue weighted by atomic mass is 10.0. The number of esters is 1. The lowest BCUT2D eigenvalue weighted by Crippen LogP contribution is -2.11. The zero-order chi connectivity index (χ0) is 45.6. The second kappa shape index (κ2) is 22.0. The Labute approximate surface area is 366 Å². The number of aryl methyl sites for hydroxylation is 3. The molecule has 3 aromatic heterocycles. The first-order valence-electron chi connectivity index (χ1n) is 18.7. The number of hydrogen-bond donors (Lipinski definition) is 0. The second-order valence-corrected chi connectivity index (χ2v) is 14.4. The van der Waals surface area contributed by atoms with Gasteiger partial charge >= 0.3 is 18.3 Å². The average molecular weight is 893 g/mol. The smallest absolute Gasteiger partial charge is 0.416 e. The molecule has 0 amide bonds. The number of aromatic nitrogens is 3. The molecule has 0 atom stereocenters. The highest BCUT2D eigenvalue weighted by Crippen LogP contribution is 2.37. The molecule has 0 saturated carbocycles. The van der Waals surface area contributed by atoms with Gasteiger partial charge in [0.2, 0.25) is 0 Å². The molecule has 6 aromatic rings. The number of rotatable bonds is 8. The van der Waals surface area contributed by atoms with Gasteiger partial charge in [0.1, 0.15) is 0 Å². The van der Waals surface area contributed by atoms with E-state index in [-0.39, 0.29) is 17.6 Å². The summed E-state index contributed by atoms with van der Waals surface area (Å²) < 4.78 is 87.0. The third-order valence-electron chi connectivity index (χ3n) is 8.43. The largest absolute Gasteiger partial charge is 0.493 e. The fraction of sp³-hybridized carbons (Fsp3) is 0.167. The van der Waals surface area contributed by atoms with Crippen molar-refractivity contribution in [1.29, 1.82) is 0 Å². The van der Waals surface area contributed by atoms with Crippen LogP contribution in [0.25, 0.3) is 36.0 Å². The predicted molar refractivity (Wildman–Crippen MR) is 236 cm³/mol. The third kappa shape index (κ3) is 15.3. The number of pyridine rings is 3. The lowest BCUT2D eigenvalue weighted by Gasteiger charge is -2.12. The Kier molecular flexibility index (Phi) is 17.2. The first-order chi connectivity index (χ1) is 29.2. The summed E-state index contributed by atoms with van der Waals surface area (Å²) in [6.45, 7) is 9.04. The molecule has 0 N–H and O–H groups in total. The second-order valence-electron chi connectivity index (χ2n) is 13.5. The Morgan fingerprint density at radius 2 is 1.10 bits per heavy atom. The van der Waals surface area contributed by atoms with Crippen molar-refractivity contribution in [3.05, 3.63) is 181 Å². The molecule has 62 heavy (non-hydrogen) atoms. The number of hydrogen-bond acceptors (Lipinski definition) is 6. The molecule has 0 radical (unpaired) electrons. The fourth-order valence-electron chi connectivity index (χ4n) is 5.51. The topological polar surface area (TPSA) is 74.2 Å². The highest BCUT2D eigenvalue weighted by Gasteiger charge is 2.36. The van der Waals surface area contributed by atoms with E-state index >= 15 is 0 Å². The lowest BCUT2D eigenvalue weighted by molar-refractivity contribution is -0.143. The van der Waals surface area contributed by atoms with Crippen LogP contribution < -0.4 is 9.47 Å². The van der Waals surface area contributed by atoms with Crippen LogP contribution in [0.4, 0.5) is 26.3 Å². The van der Waals surface area contributed by atoms with Crippen LogP contribution in [0.3, 0.4) is 0 Å². The molecule has 14 heteroatoms. The van der Waals surface area contributed by atoms with E-state index in [1.807, 2.05) is 99.7 Å². The Balaban J connectivity index is 0.000000206. The normalized spacial score (nSPS) is 11.7. The zero-order valence-corrected chi connectivity index (χ0v) is 35.9. The summed E-state index contributed by atoms with van der Waals surface area (Å²) in [6, 6.07) is 29.3. The highest BCUT2D eigenvalue weighted by atomic mass is 35.5. The summed E-state index contributed by atoms with van der Waals surface area (Å²) in [5, 5.41) is 1.14. The van der Waals surface area contributed by atoms with Crippen molar-refractivity contribution in [2.24, 2.45) is 0 Å². The quantitative estimate of drug-likeness (QED) is 0.0861. The van der Waals surface area contributed by atoms with Gasteiger partial charge in [-0.1, -0.05) is 65.7 Å². The van der Waals surface area contributed by atoms with Crippen molar-refractivity contribution < 1.29 is 40.6 Å². The van der Waals surface area contributed by atoms with Gasteiger partial charge < -0.3 is 9.47 Å². The maximum Gasteiger partial charge on any atom is 0.416 e. The van der Waals surface area contributed by atoms with Crippen LogP contribution in [0.15, 0.2) is 109 Å². The van der Waals surface area contributed by atoms with Crippen LogP contribution in [-0.4, -0.2) is 28.0 Å². The Hall–Kier alpha value is -6.24. The maximum absolute atomic E-state index is 12.7. The van der Waals surface area contributed by atoms with Gasteiger partial charge in [-0.25, -0.2) is 0 Å². The van der Waals surface area contributed by atoms with Crippen LogP contribution in [0, 0.1) is 20.8 Å². The van der Waals surface area contributed by atoms with Gasteiger partial charge in [0, 0.05) is 29.6 Å². The van der Waals surface area contributed by atoms with Crippen molar-refractivity contribution in [3.8, 4) is 11.5 Å². The summed E-state index contributed by atoms with van der Waals surface area (Å²) in [5.74, 6) is 0.545. The van der Waals surface area contributed by atoms with Crippen LogP contribution in [-0.2, 0) is 17.1 Å². The van der Waals surface area contributed by atoms with Gasteiger partial charge in [-0.3, -0.25) is 19.7 Å². The van der Waals surface area contributed by atoms with Crippen molar-refractivity contribution in [3.63, 3.8) is 0 Å². The Morgan fingerprint density at radius 1 is 0.597 bits per heavy atom. The minimum Gasteiger partial charge on any atom is -0.493 e. The first-order valence-corrected chi connectivity index (χ1v) is 19.4. The zero-order valence-electron chi connectivity index (χ0n) is 34.4. The Morgan fingerprint density at radius 3 is 1.58 bits per heavy atom. The number of carbonyl (C=O) groups excluding carboxylic acids is 1. The van der Waals surface area contributed by atoms with Crippen LogP contribution in [0.1, 0.15) is 75.8 Å². The molecule has 0 spiro atoms. The minimum absolute atomic E-state index is 0.0995. The monoisotopic (exact) mass is 891 g/mol. The molecule has 6 nitrogen and oxygen atoms in total. The molecule has 0 saturated heterocycles. The summed E-state index contributed by atoms with van der Waals surface area (Å²) in [6.07, 6.45) is -1.42. The van der Waals surface area contributed by atoms with E-state index in [9.17, 15) is 31.1 Å². The molecule has 0 fully saturated rings. The molecular formula is C48H41Cl2F6N3O3. The number of methoxy groups -OCH3 is 1.